The molecule has 0 saturated heterocycles. The van der Waals surface area contributed by atoms with Crippen molar-refractivity contribution in [2.45, 2.75) is 47.1 Å². The SMILES string of the molecule is Cc1ccc(-c2cn3ccc(N(N)C(C)(C)c4ccn5cc(-c6ccc(C)c(C)c6)nc5c4)cc3n2)cc1C. The second-order valence-corrected chi connectivity index (χ2v) is 11.1. The molecule has 0 aliphatic carbocycles. The Balaban J connectivity index is 1.31. The number of hydrazine groups is 1. The molecule has 0 radical (unpaired) electrons. The number of aromatic nitrogens is 4. The van der Waals surface area contributed by atoms with E-state index >= 15 is 0 Å². The standard InChI is InChI=1S/C33H34N6/c1-21-7-9-25(15-23(21)3)29-19-37-13-11-27(17-31(37)35-29)33(5,6)39(34)28-12-14-38-20-30(36-32(38)18-28)26-10-8-22(2)24(4)16-26/h7-20H,34H2,1-6H3. The molecule has 6 aromatic rings. The first-order valence-electron chi connectivity index (χ1n) is 13.3. The van der Waals surface area contributed by atoms with E-state index in [0.29, 0.717) is 0 Å². The first kappa shape index (κ1) is 24.9. The molecule has 0 spiro atoms. The summed E-state index contributed by atoms with van der Waals surface area (Å²) in [6, 6.07) is 21.2. The molecule has 4 aromatic heterocycles. The van der Waals surface area contributed by atoms with Crippen LogP contribution >= 0.6 is 0 Å². The number of hydrogen-bond donors (Lipinski definition) is 1. The minimum Gasteiger partial charge on any atom is -0.306 e. The van der Waals surface area contributed by atoms with Gasteiger partial charge < -0.3 is 13.8 Å². The summed E-state index contributed by atoms with van der Waals surface area (Å²) in [4.78, 5) is 9.84. The van der Waals surface area contributed by atoms with Crippen molar-refractivity contribution in [2.75, 3.05) is 5.01 Å². The van der Waals surface area contributed by atoms with E-state index in [0.717, 1.165) is 45.1 Å². The lowest BCUT2D eigenvalue weighted by atomic mass is 9.94. The molecule has 4 heterocycles. The summed E-state index contributed by atoms with van der Waals surface area (Å²) in [6.07, 6.45) is 8.22. The molecule has 2 N–H and O–H groups in total. The number of rotatable bonds is 5. The second-order valence-electron chi connectivity index (χ2n) is 11.1. The van der Waals surface area contributed by atoms with Crippen molar-refractivity contribution < 1.29 is 0 Å². The Labute approximate surface area is 229 Å². The maximum atomic E-state index is 6.79. The topological polar surface area (TPSA) is 63.9 Å². The van der Waals surface area contributed by atoms with Gasteiger partial charge in [0.2, 0.25) is 0 Å². The molecular formula is C33H34N6. The summed E-state index contributed by atoms with van der Waals surface area (Å²) < 4.78 is 4.11. The minimum atomic E-state index is -0.490. The van der Waals surface area contributed by atoms with E-state index in [2.05, 4.69) is 113 Å². The number of benzene rings is 2. The van der Waals surface area contributed by atoms with Crippen molar-refractivity contribution in [1.82, 2.24) is 18.8 Å². The van der Waals surface area contributed by atoms with Crippen LogP contribution in [0.1, 0.15) is 41.7 Å². The van der Waals surface area contributed by atoms with Crippen LogP contribution in [-0.2, 0) is 5.54 Å². The highest BCUT2D eigenvalue weighted by Gasteiger charge is 2.28. The van der Waals surface area contributed by atoms with E-state index in [4.69, 9.17) is 15.8 Å². The van der Waals surface area contributed by atoms with Gasteiger partial charge in [-0.2, -0.15) is 0 Å². The zero-order chi connectivity index (χ0) is 27.5. The van der Waals surface area contributed by atoms with Gasteiger partial charge in [-0.1, -0.05) is 24.3 Å². The van der Waals surface area contributed by atoms with Crippen LogP contribution in [0.5, 0.6) is 0 Å². The molecule has 0 amide bonds. The summed E-state index contributed by atoms with van der Waals surface area (Å²) in [5.74, 6) is 6.79. The van der Waals surface area contributed by atoms with Crippen LogP contribution < -0.4 is 10.9 Å². The summed E-state index contributed by atoms with van der Waals surface area (Å²) in [7, 11) is 0. The van der Waals surface area contributed by atoms with Crippen molar-refractivity contribution >= 4 is 17.0 Å². The first-order chi connectivity index (χ1) is 18.6. The lowest BCUT2D eigenvalue weighted by Gasteiger charge is -2.37. The smallest absolute Gasteiger partial charge is 0.139 e. The molecule has 2 aromatic carbocycles. The van der Waals surface area contributed by atoms with Gasteiger partial charge in [-0.15, -0.1) is 0 Å². The zero-order valence-corrected chi connectivity index (χ0v) is 23.4. The molecular weight excluding hydrogens is 480 g/mol. The number of nitrogens with two attached hydrogens (primary N) is 1. The Bertz CT molecular complexity index is 1860. The van der Waals surface area contributed by atoms with Gasteiger partial charge in [0.25, 0.3) is 0 Å². The number of hydrogen-bond acceptors (Lipinski definition) is 4. The highest BCUT2D eigenvalue weighted by Crippen LogP contribution is 2.32. The maximum absolute atomic E-state index is 6.79. The Morgan fingerprint density at radius 1 is 0.641 bits per heavy atom. The van der Waals surface area contributed by atoms with Crippen molar-refractivity contribution in [3.63, 3.8) is 0 Å². The third kappa shape index (κ3) is 4.37. The monoisotopic (exact) mass is 514 g/mol. The van der Waals surface area contributed by atoms with Crippen LogP contribution in [0.4, 0.5) is 5.69 Å². The summed E-state index contributed by atoms with van der Waals surface area (Å²) in [5.41, 5.74) is 12.5. The highest BCUT2D eigenvalue weighted by atomic mass is 15.4. The van der Waals surface area contributed by atoms with Gasteiger partial charge in [0.15, 0.2) is 0 Å². The third-order valence-corrected chi connectivity index (χ3v) is 8.10. The molecule has 0 bridgehead atoms. The van der Waals surface area contributed by atoms with Crippen LogP contribution in [0.2, 0.25) is 0 Å². The Hall–Kier alpha value is -4.42. The predicted octanol–water partition coefficient (Wildman–Crippen LogP) is 7.17. The average Bonchev–Trinajstić information content (AvgIpc) is 3.54. The van der Waals surface area contributed by atoms with Crippen LogP contribution in [0.25, 0.3) is 33.8 Å². The van der Waals surface area contributed by atoms with E-state index in [1.807, 2.05) is 27.7 Å². The van der Waals surface area contributed by atoms with Crippen molar-refractivity contribution in [1.29, 1.82) is 0 Å². The van der Waals surface area contributed by atoms with Crippen molar-refractivity contribution in [3.05, 3.63) is 113 Å². The number of pyridine rings is 2. The van der Waals surface area contributed by atoms with Gasteiger partial charge in [-0.25, -0.2) is 15.8 Å². The third-order valence-electron chi connectivity index (χ3n) is 8.10. The quantitative estimate of drug-likeness (QED) is 0.196. The molecule has 0 unspecified atom stereocenters. The average molecular weight is 515 g/mol. The molecule has 0 aliphatic heterocycles. The number of anilines is 1. The summed E-state index contributed by atoms with van der Waals surface area (Å²) >= 11 is 0. The van der Waals surface area contributed by atoms with Crippen LogP contribution in [0, 0.1) is 27.7 Å². The van der Waals surface area contributed by atoms with Gasteiger partial charge in [-0.3, -0.25) is 0 Å². The van der Waals surface area contributed by atoms with Gasteiger partial charge in [0.05, 0.1) is 22.6 Å². The lowest BCUT2D eigenvalue weighted by Crippen LogP contribution is -2.47. The Morgan fingerprint density at radius 2 is 1.15 bits per heavy atom. The van der Waals surface area contributed by atoms with Gasteiger partial charge in [-0.05, 0) is 99.7 Å². The molecule has 6 rings (SSSR count). The number of aryl methyl sites for hydroxylation is 4. The highest BCUT2D eigenvalue weighted by molar-refractivity contribution is 5.67. The van der Waals surface area contributed by atoms with Gasteiger partial charge >= 0.3 is 0 Å². The number of nitrogens with zero attached hydrogens (tertiary/aromatic N) is 5. The largest absolute Gasteiger partial charge is 0.306 e. The minimum absolute atomic E-state index is 0.490. The molecule has 196 valence electrons. The summed E-state index contributed by atoms with van der Waals surface area (Å²) in [5, 5.41) is 1.82. The van der Waals surface area contributed by atoms with E-state index in [1.165, 1.54) is 22.3 Å². The fourth-order valence-corrected chi connectivity index (χ4v) is 5.02. The molecule has 39 heavy (non-hydrogen) atoms. The maximum Gasteiger partial charge on any atom is 0.139 e. The Kier molecular flexibility index (Phi) is 5.81. The van der Waals surface area contributed by atoms with E-state index in [1.54, 1.807) is 0 Å². The Morgan fingerprint density at radius 3 is 1.69 bits per heavy atom. The lowest BCUT2D eigenvalue weighted by molar-refractivity contribution is 0.490. The second kappa shape index (κ2) is 9.10. The predicted molar refractivity (Wildman–Crippen MR) is 160 cm³/mol. The number of fused-ring (bicyclic) bond motifs is 2. The van der Waals surface area contributed by atoms with Gasteiger partial charge in [0, 0.05) is 42.0 Å². The fourth-order valence-electron chi connectivity index (χ4n) is 5.02. The van der Waals surface area contributed by atoms with E-state index < -0.39 is 5.54 Å². The molecule has 6 heteroatoms. The first-order valence-corrected chi connectivity index (χ1v) is 13.3. The van der Waals surface area contributed by atoms with E-state index in [9.17, 15) is 0 Å². The van der Waals surface area contributed by atoms with Crippen LogP contribution in [0.15, 0.2) is 85.5 Å². The van der Waals surface area contributed by atoms with Crippen molar-refractivity contribution in [3.8, 4) is 22.5 Å². The normalized spacial score (nSPS) is 12.0. The van der Waals surface area contributed by atoms with Crippen LogP contribution in [-0.4, -0.2) is 18.8 Å². The molecule has 0 saturated carbocycles. The molecule has 6 nitrogen and oxygen atoms in total. The molecule has 0 atom stereocenters. The van der Waals surface area contributed by atoms with Gasteiger partial charge in [0.1, 0.15) is 11.3 Å². The van der Waals surface area contributed by atoms with Crippen LogP contribution in [0.3, 0.4) is 0 Å². The molecule has 0 fully saturated rings. The summed E-state index contributed by atoms with van der Waals surface area (Å²) in [6.45, 7) is 12.8. The number of imidazole rings is 2. The molecule has 0 aliphatic rings. The fraction of sp³-hybridized carbons (Fsp3) is 0.212. The van der Waals surface area contributed by atoms with E-state index in [-0.39, 0.29) is 0 Å². The zero-order valence-electron chi connectivity index (χ0n) is 23.4. The van der Waals surface area contributed by atoms with Crippen molar-refractivity contribution in [2.24, 2.45) is 5.84 Å².